The molecule has 0 saturated heterocycles. The molecule has 4 nitrogen and oxygen atoms in total. The van der Waals surface area contributed by atoms with Gasteiger partial charge >= 0.3 is 0 Å². The second-order valence-electron chi connectivity index (χ2n) is 5.86. The van der Waals surface area contributed by atoms with Gasteiger partial charge < -0.3 is 15.4 Å². The lowest BCUT2D eigenvalue weighted by molar-refractivity contribution is -0.120. The minimum Gasteiger partial charge on any atom is -0.387 e. The summed E-state index contributed by atoms with van der Waals surface area (Å²) in [5.74, 6) is -0.550. The average molecular weight is 326 g/mol. The van der Waals surface area contributed by atoms with Gasteiger partial charge in [0, 0.05) is 23.6 Å². The second kappa shape index (κ2) is 6.84. The Kier molecular flexibility index (Phi) is 4.62. The van der Waals surface area contributed by atoms with Gasteiger partial charge in [-0.25, -0.2) is 4.39 Å². The molecule has 1 aromatic heterocycles. The van der Waals surface area contributed by atoms with E-state index in [0.29, 0.717) is 5.39 Å². The number of hydrogen-bond donors (Lipinski definition) is 3. The van der Waals surface area contributed by atoms with Crippen molar-refractivity contribution in [2.24, 2.45) is 0 Å². The number of rotatable bonds is 5. The minimum absolute atomic E-state index is 0.129. The molecule has 5 heteroatoms. The Bertz CT molecular complexity index is 873. The Balaban J connectivity index is 1.63. The monoisotopic (exact) mass is 326 g/mol. The lowest BCUT2D eigenvalue weighted by Crippen LogP contribution is -2.29. The van der Waals surface area contributed by atoms with E-state index in [2.05, 4.69) is 10.3 Å². The zero-order chi connectivity index (χ0) is 17.1. The Labute approximate surface area is 139 Å². The van der Waals surface area contributed by atoms with Crippen LogP contribution in [0.3, 0.4) is 0 Å². The van der Waals surface area contributed by atoms with Crippen molar-refractivity contribution in [3.63, 3.8) is 0 Å². The van der Waals surface area contributed by atoms with Crippen LogP contribution in [0.4, 0.5) is 4.39 Å². The van der Waals surface area contributed by atoms with Gasteiger partial charge in [-0.3, -0.25) is 4.79 Å². The van der Waals surface area contributed by atoms with Crippen LogP contribution in [0.2, 0.25) is 0 Å². The number of hydrogen-bond acceptors (Lipinski definition) is 2. The van der Waals surface area contributed by atoms with Crippen molar-refractivity contribution >= 4 is 16.8 Å². The van der Waals surface area contributed by atoms with Crippen LogP contribution in [-0.4, -0.2) is 22.5 Å². The number of amides is 1. The van der Waals surface area contributed by atoms with E-state index in [9.17, 15) is 14.3 Å². The van der Waals surface area contributed by atoms with Gasteiger partial charge in [-0.15, -0.1) is 0 Å². The number of H-pyrrole nitrogens is 1. The Morgan fingerprint density at radius 2 is 2.08 bits per heavy atom. The summed E-state index contributed by atoms with van der Waals surface area (Å²) in [6.07, 6.45) is 1.08. The van der Waals surface area contributed by atoms with Gasteiger partial charge in [-0.2, -0.15) is 0 Å². The van der Waals surface area contributed by atoms with Crippen molar-refractivity contribution in [1.82, 2.24) is 10.3 Å². The molecule has 1 heterocycles. The molecule has 0 spiro atoms. The maximum Gasteiger partial charge on any atom is 0.224 e. The fourth-order valence-corrected chi connectivity index (χ4v) is 2.81. The SMILES string of the molecule is Cc1ccccc1C(O)CNC(=O)Cc1c[nH]c2ccc(F)cc12. The maximum absolute atomic E-state index is 13.4. The van der Waals surface area contributed by atoms with E-state index >= 15 is 0 Å². The average Bonchev–Trinajstić information content (AvgIpc) is 2.95. The molecule has 0 saturated carbocycles. The molecule has 0 bridgehead atoms. The van der Waals surface area contributed by atoms with E-state index in [-0.39, 0.29) is 24.7 Å². The van der Waals surface area contributed by atoms with Gasteiger partial charge in [0.2, 0.25) is 5.91 Å². The lowest BCUT2D eigenvalue weighted by atomic mass is 10.0. The van der Waals surface area contributed by atoms with Crippen molar-refractivity contribution in [3.8, 4) is 0 Å². The Morgan fingerprint density at radius 3 is 2.88 bits per heavy atom. The van der Waals surface area contributed by atoms with E-state index < -0.39 is 6.10 Å². The third-order valence-corrected chi connectivity index (χ3v) is 4.12. The lowest BCUT2D eigenvalue weighted by Gasteiger charge is -2.14. The van der Waals surface area contributed by atoms with Crippen molar-refractivity contribution in [2.75, 3.05) is 6.54 Å². The first-order chi connectivity index (χ1) is 11.5. The number of aryl methyl sites for hydroxylation is 1. The number of aromatic amines is 1. The van der Waals surface area contributed by atoms with Gasteiger partial charge in [0.25, 0.3) is 0 Å². The zero-order valence-corrected chi connectivity index (χ0v) is 13.3. The summed E-state index contributed by atoms with van der Waals surface area (Å²) in [7, 11) is 0. The summed E-state index contributed by atoms with van der Waals surface area (Å²) in [6, 6.07) is 12.0. The number of benzene rings is 2. The molecule has 1 amide bonds. The molecule has 0 aliphatic heterocycles. The van der Waals surface area contributed by atoms with E-state index in [1.165, 1.54) is 12.1 Å². The Hall–Kier alpha value is -2.66. The number of aromatic nitrogens is 1. The molecule has 3 rings (SSSR count). The molecule has 24 heavy (non-hydrogen) atoms. The van der Waals surface area contributed by atoms with Crippen LogP contribution in [0.5, 0.6) is 0 Å². The predicted molar refractivity (Wildman–Crippen MR) is 91.1 cm³/mol. The van der Waals surface area contributed by atoms with Crippen LogP contribution in [0.25, 0.3) is 10.9 Å². The van der Waals surface area contributed by atoms with Gasteiger partial charge in [-0.05, 0) is 41.8 Å². The highest BCUT2D eigenvalue weighted by atomic mass is 19.1. The first-order valence-electron chi connectivity index (χ1n) is 7.80. The summed E-state index contributed by atoms with van der Waals surface area (Å²) in [5.41, 5.74) is 3.30. The van der Waals surface area contributed by atoms with Gasteiger partial charge in [0.05, 0.1) is 12.5 Å². The van der Waals surface area contributed by atoms with Crippen LogP contribution in [0, 0.1) is 12.7 Å². The number of fused-ring (bicyclic) bond motifs is 1. The van der Waals surface area contributed by atoms with Crippen molar-refractivity contribution in [2.45, 2.75) is 19.4 Å². The molecule has 0 radical (unpaired) electrons. The van der Waals surface area contributed by atoms with Crippen molar-refractivity contribution < 1.29 is 14.3 Å². The number of carbonyl (C=O) groups excluding carboxylic acids is 1. The third-order valence-electron chi connectivity index (χ3n) is 4.12. The quantitative estimate of drug-likeness (QED) is 0.675. The fourth-order valence-electron chi connectivity index (χ4n) is 2.81. The van der Waals surface area contributed by atoms with Crippen LogP contribution < -0.4 is 5.32 Å². The molecule has 0 aliphatic rings. The highest BCUT2D eigenvalue weighted by molar-refractivity contribution is 5.88. The van der Waals surface area contributed by atoms with Crippen LogP contribution >= 0.6 is 0 Å². The molecule has 0 fully saturated rings. The number of aliphatic hydroxyl groups excluding tert-OH is 1. The highest BCUT2D eigenvalue weighted by Gasteiger charge is 2.13. The maximum atomic E-state index is 13.4. The molecule has 1 unspecified atom stereocenters. The molecular weight excluding hydrogens is 307 g/mol. The molecule has 124 valence electrons. The summed E-state index contributed by atoms with van der Waals surface area (Å²) in [5, 5.41) is 13.6. The first kappa shape index (κ1) is 16.2. The molecule has 3 N–H and O–H groups in total. The fraction of sp³-hybridized carbons (Fsp3) is 0.211. The van der Waals surface area contributed by atoms with E-state index in [4.69, 9.17) is 0 Å². The zero-order valence-electron chi connectivity index (χ0n) is 13.3. The van der Waals surface area contributed by atoms with Gasteiger partial charge in [0.1, 0.15) is 5.82 Å². The second-order valence-corrected chi connectivity index (χ2v) is 5.86. The number of carbonyl (C=O) groups is 1. The van der Waals surface area contributed by atoms with Crippen molar-refractivity contribution in [1.29, 1.82) is 0 Å². The van der Waals surface area contributed by atoms with E-state index in [0.717, 1.165) is 22.2 Å². The predicted octanol–water partition coefficient (Wildman–Crippen LogP) is 3.01. The summed E-state index contributed by atoms with van der Waals surface area (Å²) < 4.78 is 13.4. The number of aliphatic hydroxyl groups is 1. The summed E-state index contributed by atoms with van der Waals surface area (Å²) >= 11 is 0. The molecule has 1 atom stereocenters. The first-order valence-corrected chi connectivity index (χ1v) is 7.80. The van der Waals surface area contributed by atoms with Crippen molar-refractivity contribution in [3.05, 3.63) is 71.2 Å². The summed E-state index contributed by atoms with van der Waals surface area (Å²) in [6.45, 7) is 2.06. The minimum atomic E-state index is -0.754. The molecule has 0 aliphatic carbocycles. The largest absolute Gasteiger partial charge is 0.387 e. The molecule has 2 aromatic carbocycles. The summed E-state index contributed by atoms with van der Waals surface area (Å²) in [4.78, 5) is 15.2. The van der Waals surface area contributed by atoms with E-state index in [1.807, 2.05) is 31.2 Å². The highest BCUT2D eigenvalue weighted by Crippen LogP contribution is 2.20. The van der Waals surface area contributed by atoms with Crippen LogP contribution in [-0.2, 0) is 11.2 Å². The van der Waals surface area contributed by atoms with Crippen LogP contribution in [0.15, 0.2) is 48.7 Å². The van der Waals surface area contributed by atoms with Crippen LogP contribution in [0.1, 0.15) is 22.8 Å². The topological polar surface area (TPSA) is 65.1 Å². The third kappa shape index (κ3) is 3.46. The normalized spacial score (nSPS) is 12.3. The number of halogens is 1. The molecule has 3 aromatic rings. The van der Waals surface area contributed by atoms with Gasteiger partial charge in [0.15, 0.2) is 0 Å². The molecular formula is C19H19FN2O2. The van der Waals surface area contributed by atoms with E-state index in [1.54, 1.807) is 12.3 Å². The number of nitrogens with one attached hydrogen (secondary N) is 2. The van der Waals surface area contributed by atoms with Gasteiger partial charge in [-0.1, -0.05) is 24.3 Å². The smallest absolute Gasteiger partial charge is 0.224 e. The standard InChI is InChI=1S/C19H19FN2O2/c1-12-4-2-3-5-15(12)18(23)11-22-19(24)8-13-10-21-17-7-6-14(20)9-16(13)17/h2-7,9-10,18,21,23H,8,11H2,1H3,(H,22,24). The Morgan fingerprint density at radius 1 is 1.29 bits per heavy atom.